The molecule has 5 heteroatoms. The van der Waals surface area contributed by atoms with Gasteiger partial charge in [0.05, 0.1) is 36.1 Å². The Kier molecular flexibility index (Phi) is 4.16. The first-order chi connectivity index (χ1) is 9.05. The van der Waals surface area contributed by atoms with Crippen LogP contribution in [0.2, 0.25) is 0 Å². The molecule has 1 aromatic carbocycles. The molecule has 0 aromatic heterocycles. The molecule has 19 heavy (non-hydrogen) atoms. The van der Waals surface area contributed by atoms with Gasteiger partial charge in [0.1, 0.15) is 5.75 Å². The molecule has 0 aliphatic carbocycles. The maximum absolute atomic E-state index is 11.5. The molecule has 1 N–H and O–H groups in total. The quantitative estimate of drug-likeness (QED) is 0.903. The van der Waals surface area contributed by atoms with Gasteiger partial charge in [0.15, 0.2) is 0 Å². The third kappa shape index (κ3) is 2.37. The zero-order chi connectivity index (χ0) is 14.0. The van der Waals surface area contributed by atoms with Crippen LogP contribution in [0.4, 0.5) is 0 Å². The summed E-state index contributed by atoms with van der Waals surface area (Å²) >= 11 is 3.45. The Morgan fingerprint density at radius 2 is 2.26 bits per heavy atom. The van der Waals surface area contributed by atoms with E-state index in [0.717, 1.165) is 15.8 Å². The van der Waals surface area contributed by atoms with Crippen LogP contribution in [0, 0.1) is 5.92 Å². The predicted molar refractivity (Wildman–Crippen MR) is 74.6 cm³/mol. The van der Waals surface area contributed by atoms with Gasteiger partial charge in [-0.25, -0.2) is 0 Å². The number of hydrogen-bond acceptors (Lipinski definition) is 3. The number of carboxylic acid groups (broad SMARTS) is 1. The fraction of sp³-hybridized carbons (Fsp3) is 0.500. The Morgan fingerprint density at radius 1 is 1.58 bits per heavy atom. The van der Waals surface area contributed by atoms with Crippen molar-refractivity contribution in [3.8, 4) is 5.75 Å². The van der Waals surface area contributed by atoms with Crippen LogP contribution in [0.25, 0.3) is 0 Å². The number of benzene rings is 1. The zero-order valence-corrected chi connectivity index (χ0v) is 12.6. The van der Waals surface area contributed by atoms with Crippen molar-refractivity contribution in [1.29, 1.82) is 0 Å². The van der Waals surface area contributed by atoms with E-state index < -0.39 is 17.3 Å². The summed E-state index contributed by atoms with van der Waals surface area (Å²) in [6.07, 6.45) is 0.586. The van der Waals surface area contributed by atoms with Crippen LogP contribution in [0.5, 0.6) is 5.75 Å². The Balaban J connectivity index is 2.41. The Labute approximate surface area is 120 Å². The minimum Gasteiger partial charge on any atom is -0.496 e. The summed E-state index contributed by atoms with van der Waals surface area (Å²) in [5.41, 5.74) is 0.565. The van der Waals surface area contributed by atoms with Crippen molar-refractivity contribution in [2.24, 2.45) is 5.92 Å². The van der Waals surface area contributed by atoms with E-state index in [1.54, 1.807) is 7.11 Å². The van der Waals surface area contributed by atoms with Gasteiger partial charge in [-0.15, -0.1) is 0 Å². The summed E-state index contributed by atoms with van der Waals surface area (Å²) in [5, 5.41) is 9.41. The maximum Gasteiger partial charge on any atom is 0.307 e. The predicted octanol–water partition coefficient (Wildman–Crippen LogP) is 2.84. The molecule has 2 rings (SSSR count). The zero-order valence-electron chi connectivity index (χ0n) is 11.0. The first-order valence-electron chi connectivity index (χ1n) is 6.19. The minimum absolute atomic E-state index is 0.421. The summed E-state index contributed by atoms with van der Waals surface area (Å²) in [4.78, 5) is 11.5. The van der Waals surface area contributed by atoms with Crippen molar-refractivity contribution in [3.05, 3.63) is 28.2 Å². The first kappa shape index (κ1) is 14.3. The molecule has 0 bridgehead atoms. The number of ether oxygens (including phenoxy) is 2. The van der Waals surface area contributed by atoms with Gasteiger partial charge in [-0.05, 0) is 40.0 Å². The topological polar surface area (TPSA) is 55.8 Å². The Bertz CT molecular complexity index is 482. The molecule has 0 radical (unpaired) electrons. The van der Waals surface area contributed by atoms with Crippen LogP contribution in [0.1, 0.15) is 18.9 Å². The van der Waals surface area contributed by atoms with E-state index in [1.807, 2.05) is 25.1 Å². The largest absolute Gasteiger partial charge is 0.496 e. The number of halogens is 1. The average Bonchev–Trinajstić information content (AvgIpc) is 2.32. The fourth-order valence-corrected chi connectivity index (χ4v) is 3.21. The van der Waals surface area contributed by atoms with Crippen LogP contribution in [0.3, 0.4) is 0 Å². The molecular formula is C14H17BrO4. The molecule has 0 saturated carbocycles. The first-order valence-corrected chi connectivity index (χ1v) is 6.99. The molecule has 1 saturated heterocycles. The molecular weight excluding hydrogens is 312 g/mol. The molecule has 1 aromatic rings. The third-order valence-corrected chi connectivity index (χ3v) is 4.44. The second-order valence-electron chi connectivity index (χ2n) is 4.80. The van der Waals surface area contributed by atoms with E-state index in [9.17, 15) is 9.90 Å². The van der Waals surface area contributed by atoms with E-state index in [2.05, 4.69) is 15.9 Å². The minimum atomic E-state index is -0.766. The lowest BCUT2D eigenvalue weighted by Gasteiger charge is -2.45. The van der Waals surface area contributed by atoms with Crippen molar-refractivity contribution in [2.45, 2.75) is 18.8 Å². The summed E-state index contributed by atoms with van der Waals surface area (Å²) < 4.78 is 11.3. The van der Waals surface area contributed by atoms with Crippen molar-refractivity contribution in [3.63, 3.8) is 0 Å². The SMILES string of the molecule is CCC(C(=O)O)C1(c2ccc(OC)c(Br)c2)COC1. The summed E-state index contributed by atoms with van der Waals surface area (Å²) in [6.45, 7) is 2.81. The van der Waals surface area contributed by atoms with E-state index in [-0.39, 0.29) is 0 Å². The number of carbonyl (C=O) groups is 1. The van der Waals surface area contributed by atoms with Crippen LogP contribution >= 0.6 is 15.9 Å². The van der Waals surface area contributed by atoms with Gasteiger partial charge in [0, 0.05) is 0 Å². The Morgan fingerprint density at radius 3 is 2.63 bits per heavy atom. The van der Waals surface area contributed by atoms with Crippen molar-refractivity contribution in [1.82, 2.24) is 0 Å². The molecule has 104 valence electrons. The summed E-state index contributed by atoms with van der Waals surface area (Å²) in [7, 11) is 1.61. The van der Waals surface area contributed by atoms with Crippen LogP contribution < -0.4 is 4.74 Å². The molecule has 0 spiro atoms. The highest BCUT2D eigenvalue weighted by atomic mass is 79.9. The normalized spacial score (nSPS) is 18.5. The monoisotopic (exact) mass is 328 g/mol. The van der Waals surface area contributed by atoms with Crippen LogP contribution in [0.15, 0.2) is 22.7 Å². The van der Waals surface area contributed by atoms with Gasteiger partial charge < -0.3 is 14.6 Å². The molecule has 1 unspecified atom stereocenters. The smallest absolute Gasteiger partial charge is 0.307 e. The van der Waals surface area contributed by atoms with Gasteiger partial charge in [-0.1, -0.05) is 13.0 Å². The highest BCUT2D eigenvalue weighted by Gasteiger charge is 2.49. The fourth-order valence-electron chi connectivity index (χ4n) is 2.67. The maximum atomic E-state index is 11.5. The molecule has 0 amide bonds. The number of hydrogen-bond donors (Lipinski definition) is 1. The average molecular weight is 329 g/mol. The second kappa shape index (κ2) is 5.51. The molecule has 1 fully saturated rings. The third-order valence-electron chi connectivity index (χ3n) is 3.82. The number of aliphatic carboxylic acids is 1. The number of carboxylic acids is 1. The van der Waals surface area contributed by atoms with Gasteiger partial charge in [0.2, 0.25) is 0 Å². The second-order valence-corrected chi connectivity index (χ2v) is 5.65. The summed E-state index contributed by atoms with van der Waals surface area (Å²) in [6, 6.07) is 5.72. The van der Waals surface area contributed by atoms with Crippen molar-refractivity contribution >= 4 is 21.9 Å². The van der Waals surface area contributed by atoms with Crippen LogP contribution in [-0.2, 0) is 14.9 Å². The lowest BCUT2D eigenvalue weighted by atomic mass is 9.67. The lowest BCUT2D eigenvalue weighted by Crippen LogP contribution is -2.54. The number of methoxy groups -OCH3 is 1. The molecule has 1 atom stereocenters. The van der Waals surface area contributed by atoms with Crippen molar-refractivity contribution < 1.29 is 19.4 Å². The molecule has 1 heterocycles. The van der Waals surface area contributed by atoms with E-state index in [4.69, 9.17) is 9.47 Å². The molecule has 1 aliphatic heterocycles. The van der Waals surface area contributed by atoms with Crippen molar-refractivity contribution in [2.75, 3.05) is 20.3 Å². The standard InChI is InChI=1S/C14H17BrO4/c1-3-10(13(16)17)14(7-19-8-14)9-4-5-12(18-2)11(15)6-9/h4-6,10H,3,7-8H2,1-2H3,(H,16,17). The number of rotatable bonds is 5. The van der Waals surface area contributed by atoms with E-state index in [1.165, 1.54) is 0 Å². The van der Waals surface area contributed by atoms with Gasteiger partial charge >= 0.3 is 5.97 Å². The highest BCUT2D eigenvalue weighted by molar-refractivity contribution is 9.10. The summed E-state index contributed by atoms with van der Waals surface area (Å²) in [5.74, 6) is -0.457. The molecule has 1 aliphatic rings. The molecule has 4 nitrogen and oxygen atoms in total. The van der Waals surface area contributed by atoms with E-state index in [0.29, 0.717) is 19.6 Å². The Hall–Kier alpha value is -1.07. The lowest BCUT2D eigenvalue weighted by molar-refractivity contribution is -0.157. The van der Waals surface area contributed by atoms with Gasteiger partial charge in [-0.2, -0.15) is 0 Å². The van der Waals surface area contributed by atoms with Crippen LogP contribution in [-0.4, -0.2) is 31.4 Å². The van der Waals surface area contributed by atoms with Gasteiger partial charge in [-0.3, -0.25) is 4.79 Å². The van der Waals surface area contributed by atoms with E-state index >= 15 is 0 Å². The highest BCUT2D eigenvalue weighted by Crippen LogP contribution is 2.43. The van der Waals surface area contributed by atoms with Gasteiger partial charge in [0.25, 0.3) is 0 Å².